The molecule has 1 unspecified atom stereocenters. The molecule has 0 radical (unpaired) electrons. The Bertz CT molecular complexity index is 578. The zero-order valence-electron chi connectivity index (χ0n) is 10.6. The van der Waals surface area contributed by atoms with Crippen LogP contribution >= 0.6 is 27.3 Å². The van der Waals surface area contributed by atoms with Gasteiger partial charge in [-0.25, -0.2) is 8.78 Å². The molecule has 0 saturated carbocycles. The van der Waals surface area contributed by atoms with Gasteiger partial charge in [0.25, 0.3) is 0 Å². The molecule has 0 saturated heterocycles. The first-order valence-electron chi connectivity index (χ1n) is 6.00. The summed E-state index contributed by atoms with van der Waals surface area (Å²) in [5.41, 5.74) is 5.28. The van der Waals surface area contributed by atoms with Gasteiger partial charge in [-0.15, -0.1) is 11.3 Å². The van der Waals surface area contributed by atoms with Crippen molar-refractivity contribution >= 4 is 27.3 Å². The van der Waals surface area contributed by atoms with Crippen LogP contribution in [0.3, 0.4) is 0 Å². The van der Waals surface area contributed by atoms with E-state index in [1.807, 2.05) is 11.4 Å². The predicted octanol–water partition coefficient (Wildman–Crippen LogP) is 3.22. The molecule has 1 aromatic carbocycles. The highest BCUT2D eigenvalue weighted by Crippen LogP contribution is 2.33. The van der Waals surface area contributed by atoms with Gasteiger partial charge in [0, 0.05) is 27.4 Å². The molecule has 2 aromatic rings. The number of hydrogen-bond acceptors (Lipinski definition) is 3. The molecule has 1 heterocycles. The second-order valence-electron chi connectivity index (χ2n) is 4.67. The molecular weight excluding hydrogens is 348 g/mol. The van der Waals surface area contributed by atoms with Gasteiger partial charge in [-0.1, -0.05) is 0 Å². The highest BCUT2D eigenvalue weighted by atomic mass is 79.9. The van der Waals surface area contributed by atoms with Gasteiger partial charge < -0.3 is 10.8 Å². The zero-order chi connectivity index (χ0) is 14.8. The van der Waals surface area contributed by atoms with Crippen LogP contribution in [-0.2, 0) is 11.8 Å². The molecule has 0 amide bonds. The van der Waals surface area contributed by atoms with Gasteiger partial charge in [0.2, 0.25) is 0 Å². The third-order valence-corrected chi connectivity index (χ3v) is 5.28. The molecule has 0 spiro atoms. The van der Waals surface area contributed by atoms with Crippen molar-refractivity contribution in [3.8, 4) is 0 Å². The van der Waals surface area contributed by atoms with E-state index in [4.69, 9.17) is 5.73 Å². The van der Waals surface area contributed by atoms with Crippen molar-refractivity contribution < 1.29 is 13.9 Å². The molecular formula is C14H14BrF2NOS. The Labute approximate surface area is 128 Å². The molecule has 0 fully saturated rings. The lowest BCUT2D eigenvalue weighted by atomic mass is 9.77. The minimum atomic E-state index is -0.893. The summed E-state index contributed by atoms with van der Waals surface area (Å²) in [6.45, 7) is -0.187. The van der Waals surface area contributed by atoms with Crippen molar-refractivity contribution in [2.45, 2.75) is 11.8 Å². The van der Waals surface area contributed by atoms with Crippen LogP contribution in [0.1, 0.15) is 10.4 Å². The number of aliphatic hydroxyl groups excluding tert-OH is 1. The average Bonchev–Trinajstić information content (AvgIpc) is 2.80. The lowest BCUT2D eigenvalue weighted by molar-refractivity contribution is 0.196. The quantitative estimate of drug-likeness (QED) is 0.858. The summed E-state index contributed by atoms with van der Waals surface area (Å²) < 4.78 is 27.7. The van der Waals surface area contributed by atoms with Crippen molar-refractivity contribution in [2.75, 3.05) is 13.2 Å². The van der Waals surface area contributed by atoms with Gasteiger partial charge in [-0.05, 0) is 51.5 Å². The molecule has 2 rings (SSSR count). The Morgan fingerprint density at radius 2 is 1.90 bits per heavy atom. The van der Waals surface area contributed by atoms with E-state index in [2.05, 4.69) is 15.9 Å². The molecule has 2 nitrogen and oxygen atoms in total. The number of benzene rings is 1. The molecule has 1 aromatic heterocycles. The first kappa shape index (κ1) is 15.6. The minimum absolute atomic E-state index is 0.0940. The Morgan fingerprint density at radius 1 is 1.25 bits per heavy atom. The van der Waals surface area contributed by atoms with Crippen molar-refractivity contribution in [3.05, 3.63) is 56.2 Å². The lowest BCUT2D eigenvalue weighted by Gasteiger charge is -2.31. The maximum atomic E-state index is 13.4. The molecule has 3 N–H and O–H groups in total. The summed E-state index contributed by atoms with van der Waals surface area (Å²) in [5, 5.41) is 11.7. The van der Waals surface area contributed by atoms with E-state index in [-0.39, 0.29) is 13.2 Å². The van der Waals surface area contributed by atoms with Gasteiger partial charge in [-0.2, -0.15) is 0 Å². The van der Waals surface area contributed by atoms with Gasteiger partial charge in [-0.3, -0.25) is 0 Å². The number of hydrogen-bond donors (Lipinski definition) is 2. The van der Waals surface area contributed by atoms with E-state index in [1.165, 1.54) is 23.5 Å². The van der Waals surface area contributed by atoms with Crippen molar-refractivity contribution in [1.29, 1.82) is 0 Å². The Kier molecular flexibility index (Phi) is 4.90. The van der Waals surface area contributed by atoms with E-state index < -0.39 is 17.0 Å². The second-order valence-corrected chi connectivity index (χ2v) is 6.52. The van der Waals surface area contributed by atoms with Crippen molar-refractivity contribution in [1.82, 2.24) is 0 Å². The Morgan fingerprint density at radius 3 is 2.35 bits per heavy atom. The number of aliphatic hydroxyl groups is 1. The maximum absolute atomic E-state index is 13.4. The first-order valence-corrected chi connectivity index (χ1v) is 7.67. The fraction of sp³-hybridized carbons (Fsp3) is 0.286. The summed E-state index contributed by atoms with van der Waals surface area (Å²) in [6.07, 6.45) is 0.418. The van der Waals surface area contributed by atoms with E-state index in [0.717, 1.165) is 15.4 Å². The SMILES string of the molecule is NCC(CO)(Cc1sccc1Br)c1cc(F)cc(F)c1. The molecule has 0 aliphatic rings. The van der Waals surface area contributed by atoms with Crippen LogP contribution in [0, 0.1) is 11.6 Å². The van der Waals surface area contributed by atoms with E-state index in [9.17, 15) is 13.9 Å². The van der Waals surface area contributed by atoms with Crippen LogP contribution in [-0.4, -0.2) is 18.3 Å². The van der Waals surface area contributed by atoms with Crippen LogP contribution in [0.5, 0.6) is 0 Å². The van der Waals surface area contributed by atoms with E-state index >= 15 is 0 Å². The van der Waals surface area contributed by atoms with Crippen molar-refractivity contribution in [2.24, 2.45) is 5.73 Å². The number of thiophene rings is 1. The summed E-state index contributed by atoms with van der Waals surface area (Å²) in [7, 11) is 0. The third kappa shape index (κ3) is 3.09. The number of nitrogens with two attached hydrogens (primary N) is 1. The molecule has 1 atom stereocenters. The van der Waals surface area contributed by atoms with E-state index in [0.29, 0.717) is 12.0 Å². The van der Waals surface area contributed by atoms with Crippen LogP contribution < -0.4 is 5.73 Å². The standard InChI is InChI=1S/C14H14BrF2NOS/c15-12-1-2-20-13(12)6-14(7-18,8-19)9-3-10(16)5-11(17)4-9/h1-5,19H,6-8,18H2. The molecule has 0 aliphatic carbocycles. The van der Waals surface area contributed by atoms with Crippen LogP contribution in [0.4, 0.5) is 8.78 Å². The highest BCUT2D eigenvalue weighted by molar-refractivity contribution is 9.10. The summed E-state index contributed by atoms with van der Waals surface area (Å²) >= 11 is 4.93. The minimum Gasteiger partial charge on any atom is -0.395 e. The molecule has 0 aliphatic heterocycles. The largest absolute Gasteiger partial charge is 0.395 e. The van der Waals surface area contributed by atoms with Gasteiger partial charge >= 0.3 is 0 Å². The fourth-order valence-electron chi connectivity index (χ4n) is 2.12. The topological polar surface area (TPSA) is 46.2 Å². The highest BCUT2D eigenvalue weighted by Gasteiger charge is 2.32. The summed E-state index contributed by atoms with van der Waals surface area (Å²) in [6, 6.07) is 5.16. The van der Waals surface area contributed by atoms with Crippen LogP contribution in [0.25, 0.3) is 0 Å². The normalized spacial score (nSPS) is 14.2. The molecule has 6 heteroatoms. The van der Waals surface area contributed by atoms with Gasteiger partial charge in [0.1, 0.15) is 11.6 Å². The monoisotopic (exact) mass is 361 g/mol. The summed E-state index contributed by atoms with van der Waals surface area (Å²) in [5.74, 6) is -1.34. The van der Waals surface area contributed by atoms with Crippen LogP contribution in [0.2, 0.25) is 0 Å². The predicted molar refractivity (Wildman–Crippen MR) is 79.9 cm³/mol. The number of rotatable bonds is 5. The van der Waals surface area contributed by atoms with Gasteiger partial charge in [0.15, 0.2) is 0 Å². The number of halogens is 3. The smallest absolute Gasteiger partial charge is 0.126 e. The maximum Gasteiger partial charge on any atom is 0.126 e. The van der Waals surface area contributed by atoms with Crippen molar-refractivity contribution in [3.63, 3.8) is 0 Å². The average molecular weight is 362 g/mol. The molecule has 108 valence electrons. The van der Waals surface area contributed by atoms with Crippen LogP contribution in [0.15, 0.2) is 34.1 Å². The van der Waals surface area contributed by atoms with Gasteiger partial charge in [0.05, 0.1) is 6.61 Å². The fourth-order valence-corrected chi connectivity index (χ4v) is 3.76. The first-order chi connectivity index (χ1) is 9.50. The molecule has 20 heavy (non-hydrogen) atoms. The van der Waals surface area contributed by atoms with E-state index in [1.54, 1.807) is 0 Å². The lowest BCUT2D eigenvalue weighted by Crippen LogP contribution is -2.41. The Balaban J connectivity index is 2.45. The summed E-state index contributed by atoms with van der Waals surface area (Å²) in [4.78, 5) is 0.981. The second kappa shape index (κ2) is 6.30. The molecule has 0 bridgehead atoms. The Hall–Kier alpha value is -0.820. The zero-order valence-corrected chi connectivity index (χ0v) is 13.0. The third-order valence-electron chi connectivity index (χ3n) is 3.36.